The summed E-state index contributed by atoms with van der Waals surface area (Å²) < 4.78 is 6.23. The lowest BCUT2D eigenvalue weighted by Crippen LogP contribution is -2.41. The fourth-order valence-electron chi connectivity index (χ4n) is 5.49. The molecule has 9 heteroatoms. The van der Waals surface area contributed by atoms with Gasteiger partial charge >= 0.3 is 6.03 Å². The maximum atomic E-state index is 13.5. The number of para-hydroxylation sites is 1. The second kappa shape index (κ2) is 14.5. The van der Waals surface area contributed by atoms with E-state index in [4.69, 9.17) is 4.74 Å². The summed E-state index contributed by atoms with van der Waals surface area (Å²) in [6.45, 7) is 6.33. The quantitative estimate of drug-likeness (QED) is 0.290. The highest BCUT2D eigenvalue weighted by Crippen LogP contribution is 2.30. The summed E-state index contributed by atoms with van der Waals surface area (Å²) in [6, 6.07) is 23.3. The fraction of sp³-hybridized carbons (Fsp3) is 0.375. The van der Waals surface area contributed by atoms with E-state index in [9.17, 15) is 9.59 Å². The number of rotatable bonds is 9. The molecular weight excluding hydrogens is 582 g/mol. The summed E-state index contributed by atoms with van der Waals surface area (Å²) in [5.74, 6) is 0.496. The van der Waals surface area contributed by atoms with E-state index in [1.807, 2.05) is 36.4 Å². The number of carbonyl (C=O) groups is 2. The number of morpholine rings is 1. The van der Waals surface area contributed by atoms with Crippen LogP contribution in [0.15, 0.2) is 77.3 Å². The van der Waals surface area contributed by atoms with Crippen molar-refractivity contribution in [2.45, 2.75) is 19.3 Å². The van der Waals surface area contributed by atoms with Gasteiger partial charge in [0, 0.05) is 55.1 Å². The molecular formula is C32H38BrN5O3. The average molecular weight is 621 g/mol. The van der Waals surface area contributed by atoms with Crippen LogP contribution in [0.1, 0.15) is 28.8 Å². The number of hydrogen-bond donors (Lipinski definition) is 3. The van der Waals surface area contributed by atoms with Gasteiger partial charge in [0.2, 0.25) is 0 Å². The summed E-state index contributed by atoms with van der Waals surface area (Å²) in [5.41, 5.74) is 4.09. The van der Waals surface area contributed by atoms with Gasteiger partial charge in [-0.15, -0.1) is 0 Å². The zero-order chi connectivity index (χ0) is 28.4. The number of halogens is 1. The number of urea groups is 1. The molecule has 5 rings (SSSR count). The normalized spacial score (nSPS) is 16.3. The van der Waals surface area contributed by atoms with Crippen molar-refractivity contribution in [1.82, 2.24) is 10.2 Å². The van der Waals surface area contributed by atoms with Crippen molar-refractivity contribution in [3.05, 3.63) is 88.4 Å². The van der Waals surface area contributed by atoms with Gasteiger partial charge in [0.25, 0.3) is 5.91 Å². The zero-order valence-corrected chi connectivity index (χ0v) is 24.9. The topological polar surface area (TPSA) is 85.9 Å². The van der Waals surface area contributed by atoms with Crippen LogP contribution in [0, 0.1) is 5.92 Å². The molecule has 0 atom stereocenters. The molecule has 0 radical (unpaired) electrons. The first kappa shape index (κ1) is 29.1. The van der Waals surface area contributed by atoms with Crippen molar-refractivity contribution in [3.8, 4) is 0 Å². The van der Waals surface area contributed by atoms with Crippen molar-refractivity contribution in [1.29, 1.82) is 0 Å². The molecule has 8 nitrogen and oxygen atoms in total. The van der Waals surface area contributed by atoms with Gasteiger partial charge in [-0.3, -0.25) is 9.69 Å². The predicted molar refractivity (Wildman–Crippen MR) is 168 cm³/mol. The lowest BCUT2D eigenvalue weighted by Gasteiger charge is -2.35. The van der Waals surface area contributed by atoms with Crippen molar-refractivity contribution < 1.29 is 14.3 Å². The molecule has 3 aromatic carbocycles. The van der Waals surface area contributed by atoms with Gasteiger partial charge in [0.15, 0.2) is 0 Å². The van der Waals surface area contributed by atoms with Crippen molar-refractivity contribution >= 4 is 44.9 Å². The van der Waals surface area contributed by atoms with E-state index in [1.54, 1.807) is 6.07 Å². The number of carbonyl (C=O) groups excluding carboxylic acids is 2. The third-order valence-electron chi connectivity index (χ3n) is 7.76. The molecule has 0 unspecified atom stereocenters. The largest absolute Gasteiger partial charge is 0.379 e. The van der Waals surface area contributed by atoms with E-state index in [0.29, 0.717) is 29.4 Å². The summed E-state index contributed by atoms with van der Waals surface area (Å²) in [4.78, 5) is 30.9. The lowest BCUT2D eigenvalue weighted by atomic mass is 9.89. The first-order valence-electron chi connectivity index (χ1n) is 14.4. The van der Waals surface area contributed by atoms with Gasteiger partial charge < -0.3 is 25.6 Å². The van der Waals surface area contributed by atoms with Crippen LogP contribution in [-0.2, 0) is 11.2 Å². The van der Waals surface area contributed by atoms with Crippen LogP contribution in [0.5, 0.6) is 0 Å². The van der Waals surface area contributed by atoms with E-state index < -0.39 is 0 Å². The van der Waals surface area contributed by atoms with Crippen LogP contribution in [0.4, 0.5) is 21.9 Å². The summed E-state index contributed by atoms with van der Waals surface area (Å²) in [7, 11) is 0. The molecule has 2 heterocycles. The predicted octanol–water partition coefficient (Wildman–Crippen LogP) is 5.61. The Morgan fingerprint density at radius 1 is 0.878 bits per heavy atom. The Morgan fingerprint density at radius 3 is 2.37 bits per heavy atom. The third-order valence-corrected chi connectivity index (χ3v) is 8.45. The molecule has 0 aromatic heterocycles. The standard InChI is InChI=1S/C32H38BrN5O3/c33-28-8-4-5-9-29(28)36-32(40)35-26-10-11-30(27(23-26)31(39)34-14-17-37-18-20-41-21-19-37)38-15-12-25(13-16-38)22-24-6-2-1-3-7-24/h1-11,23,25H,12-22H2,(H,34,39)(H2,35,36,40). The molecule has 3 N–H and O–H groups in total. The highest BCUT2D eigenvalue weighted by molar-refractivity contribution is 9.10. The van der Waals surface area contributed by atoms with Crippen LogP contribution < -0.4 is 20.9 Å². The molecule has 3 aromatic rings. The lowest BCUT2D eigenvalue weighted by molar-refractivity contribution is 0.0383. The second-order valence-electron chi connectivity index (χ2n) is 10.6. The maximum absolute atomic E-state index is 13.5. The minimum absolute atomic E-state index is 0.130. The molecule has 0 aliphatic carbocycles. The Kier molecular flexibility index (Phi) is 10.3. The van der Waals surface area contributed by atoms with Gasteiger partial charge in [-0.05, 0) is 77.0 Å². The number of nitrogens with one attached hydrogen (secondary N) is 3. The van der Waals surface area contributed by atoms with Gasteiger partial charge in [0.1, 0.15) is 0 Å². The Hall–Kier alpha value is -3.40. The monoisotopic (exact) mass is 619 g/mol. The highest BCUT2D eigenvalue weighted by Gasteiger charge is 2.24. The van der Waals surface area contributed by atoms with E-state index >= 15 is 0 Å². The molecule has 2 aliphatic heterocycles. The first-order chi connectivity index (χ1) is 20.0. The molecule has 3 amide bonds. The SMILES string of the molecule is O=C(Nc1ccc(N2CCC(Cc3ccccc3)CC2)c(C(=O)NCCN2CCOCC2)c1)Nc1ccccc1Br. The van der Waals surface area contributed by atoms with Crippen LogP contribution in [-0.4, -0.2) is 69.3 Å². The van der Waals surface area contributed by atoms with Gasteiger partial charge in [-0.1, -0.05) is 42.5 Å². The molecule has 2 fully saturated rings. The van der Waals surface area contributed by atoms with Crippen molar-refractivity contribution in [2.24, 2.45) is 5.92 Å². The fourth-order valence-corrected chi connectivity index (χ4v) is 5.88. The van der Waals surface area contributed by atoms with Crippen LogP contribution in [0.2, 0.25) is 0 Å². The summed E-state index contributed by atoms with van der Waals surface area (Å²) >= 11 is 3.46. The Labute approximate surface area is 250 Å². The van der Waals surface area contributed by atoms with Crippen LogP contribution in [0.25, 0.3) is 0 Å². The Balaban J connectivity index is 1.26. The molecule has 41 heavy (non-hydrogen) atoms. The van der Waals surface area contributed by atoms with Crippen LogP contribution >= 0.6 is 15.9 Å². The zero-order valence-electron chi connectivity index (χ0n) is 23.3. The van der Waals surface area contributed by atoms with Gasteiger partial charge in [-0.2, -0.15) is 0 Å². The van der Waals surface area contributed by atoms with E-state index in [1.165, 1.54) is 5.56 Å². The summed E-state index contributed by atoms with van der Waals surface area (Å²) in [5, 5.41) is 8.86. The second-order valence-corrected chi connectivity index (χ2v) is 11.5. The number of piperidine rings is 1. The number of amides is 3. The molecule has 0 saturated carbocycles. The van der Waals surface area contributed by atoms with Crippen LogP contribution in [0.3, 0.4) is 0 Å². The molecule has 216 valence electrons. The molecule has 2 aliphatic rings. The number of nitrogens with zero attached hydrogens (tertiary/aromatic N) is 2. The molecule has 2 saturated heterocycles. The maximum Gasteiger partial charge on any atom is 0.323 e. The highest BCUT2D eigenvalue weighted by atomic mass is 79.9. The smallest absolute Gasteiger partial charge is 0.323 e. The Morgan fingerprint density at radius 2 is 1.61 bits per heavy atom. The van der Waals surface area contributed by atoms with Gasteiger partial charge in [-0.25, -0.2) is 4.79 Å². The summed E-state index contributed by atoms with van der Waals surface area (Å²) in [6.07, 6.45) is 3.22. The minimum Gasteiger partial charge on any atom is -0.379 e. The number of hydrogen-bond acceptors (Lipinski definition) is 5. The number of benzene rings is 3. The minimum atomic E-state index is -0.370. The number of ether oxygens (including phenoxy) is 1. The average Bonchev–Trinajstić information content (AvgIpc) is 3.00. The van der Waals surface area contributed by atoms with Crippen molar-refractivity contribution in [3.63, 3.8) is 0 Å². The van der Waals surface area contributed by atoms with E-state index in [0.717, 1.165) is 75.4 Å². The van der Waals surface area contributed by atoms with E-state index in [-0.39, 0.29) is 11.9 Å². The van der Waals surface area contributed by atoms with Crippen molar-refractivity contribution in [2.75, 3.05) is 68.0 Å². The Bertz CT molecular complexity index is 1310. The van der Waals surface area contributed by atoms with Gasteiger partial charge in [0.05, 0.1) is 24.5 Å². The third kappa shape index (κ3) is 8.31. The molecule has 0 bridgehead atoms. The molecule has 0 spiro atoms. The first-order valence-corrected chi connectivity index (χ1v) is 15.2. The van der Waals surface area contributed by atoms with E-state index in [2.05, 4.69) is 72.0 Å². The number of anilines is 3.